The van der Waals surface area contributed by atoms with Gasteiger partial charge in [0.15, 0.2) is 0 Å². The molecule has 24 heavy (non-hydrogen) atoms. The fraction of sp³-hybridized carbons (Fsp3) is 0.235. The van der Waals surface area contributed by atoms with Crippen LogP contribution in [0.4, 0.5) is 0 Å². The Morgan fingerprint density at radius 2 is 1.83 bits per heavy atom. The van der Waals surface area contributed by atoms with Gasteiger partial charge in [-0.2, -0.15) is 0 Å². The van der Waals surface area contributed by atoms with Crippen LogP contribution in [0.3, 0.4) is 0 Å². The fourth-order valence-corrected chi connectivity index (χ4v) is 2.20. The van der Waals surface area contributed by atoms with Crippen LogP contribution in [0.1, 0.15) is 16.8 Å². The molecule has 7 heteroatoms. The normalized spacial score (nSPS) is 9.83. The van der Waals surface area contributed by atoms with Crippen molar-refractivity contribution in [1.82, 2.24) is 10.3 Å². The van der Waals surface area contributed by atoms with E-state index in [0.717, 1.165) is 5.56 Å². The number of phenolic OH excluding ortho intramolecular Hbond substituents is 1. The number of hydrogen-bond donors (Lipinski definition) is 3. The summed E-state index contributed by atoms with van der Waals surface area (Å²) in [5.74, 6) is -0.392. The molecule has 1 heterocycles. The van der Waals surface area contributed by atoms with Crippen LogP contribution in [0.2, 0.25) is 0 Å². The van der Waals surface area contributed by atoms with Gasteiger partial charge in [-0.1, -0.05) is 18.2 Å². The van der Waals surface area contributed by atoms with E-state index >= 15 is 0 Å². The topological polar surface area (TPSA) is 105 Å². The summed E-state index contributed by atoms with van der Waals surface area (Å²) in [6, 6.07) is 10.3. The molecule has 0 spiro atoms. The first-order valence-electron chi connectivity index (χ1n) is 7.30. The number of hydrogen-bond acceptors (Lipinski definition) is 4. The number of rotatable bonds is 7. The molecule has 0 saturated carbocycles. The Morgan fingerprint density at radius 1 is 1.12 bits per heavy atom. The molecule has 0 aliphatic heterocycles. The molecule has 6 nitrogen and oxygen atoms in total. The molecule has 0 aliphatic carbocycles. The highest BCUT2D eigenvalue weighted by Gasteiger charge is 2.10. The number of carbonyl (C=O) groups is 2. The molecule has 0 aliphatic rings. The summed E-state index contributed by atoms with van der Waals surface area (Å²) in [6.45, 7) is 0.495. The maximum Gasteiger partial charge on any atom is 0.224 e. The number of phenols is 1. The first-order valence-corrected chi connectivity index (χ1v) is 7.30. The van der Waals surface area contributed by atoms with E-state index in [-0.39, 0.29) is 36.9 Å². The van der Waals surface area contributed by atoms with Crippen LogP contribution in [0.15, 0.2) is 42.6 Å². The molecule has 2 amide bonds. The lowest BCUT2D eigenvalue weighted by Gasteiger charge is -2.08. The number of aromatic hydroxyl groups is 1. The quantitative estimate of drug-likeness (QED) is 0.697. The Kier molecular flexibility index (Phi) is 7.71. The summed E-state index contributed by atoms with van der Waals surface area (Å²) in [4.78, 5) is 27.1. The van der Waals surface area contributed by atoms with Crippen molar-refractivity contribution in [3.8, 4) is 5.75 Å². The zero-order valence-corrected chi connectivity index (χ0v) is 13.9. The summed E-state index contributed by atoms with van der Waals surface area (Å²) < 4.78 is 0. The SMILES string of the molecule is Cl.NC(=O)Cc1ncccc1CC(=O)NCCc1ccc(O)cc1. The summed E-state index contributed by atoms with van der Waals surface area (Å²) in [5.41, 5.74) is 7.45. The maximum absolute atomic E-state index is 12.0. The van der Waals surface area contributed by atoms with Crippen LogP contribution in [0.25, 0.3) is 0 Å². The predicted molar refractivity (Wildman–Crippen MR) is 92.9 cm³/mol. The zero-order chi connectivity index (χ0) is 16.7. The van der Waals surface area contributed by atoms with Crippen molar-refractivity contribution in [2.24, 2.45) is 5.73 Å². The summed E-state index contributed by atoms with van der Waals surface area (Å²) in [7, 11) is 0. The van der Waals surface area contributed by atoms with Crippen molar-refractivity contribution < 1.29 is 14.7 Å². The van der Waals surface area contributed by atoms with Crippen molar-refractivity contribution in [1.29, 1.82) is 0 Å². The second kappa shape index (κ2) is 9.52. The maximum atomic E-state index is 12.0. The lowest BCUT2D eigenvalue weighted by atomic mass is 10.1. The van der Waals surface area contributed by atoms with Gasteiger partial charge in [0.25, 0.3) is 0 Å². The number of nitrogens with one attached hydrogen (secondary N) is 1. The molecule has 0 unspecified atom stereocenters. The smallest absolute Gasteiger partial charge is 0.224 e. The van der Waals surface area contributed by atoms with Gasteiger partial charge in [-0.25, -0.2) is 0 Å². The van der Waals surface area contributed by atoms with E-state index in [9.17, 15) is 14.7 Å². The van der Waals surface area contributed by atoms with Crippen molar-refractivity contribution in [3.05, 3.63) is 59.4 Å². The third-order valence-electron chi connectivity index (χ3n) is 3.35. The standard InChI is InChI=1S/C17H19N3O3.ClH/c18-16(22)11-15-13(2-1-8-19-15)10-17(23)20-9-7-12-3-5-14(21)6-4-12;/h1-6,8,21H,7,9-11H2,(H2,18,22)(H,20,23);1H. The van der Waals surface area contributed by atoms with Gasteiger partial charge in [0, 0.05) is 12.7 Å². The van der Waals surface area contributed by atoms with Crippen LogP contribution < -0.4 is 11.1 Å². The van der Waals surface area contributed by atoms with E-state index < -0.39 is 5.91 Å². The van der Waals surface area contributed by atoms with Gasteiger partial charge in [0.05, 0.1) is 18.5 Å². The number of benzene rings is 1. The summed E-state index contributed by atoms with van der Waals surface area (Å²) in [5, 5.41) is 12.0. The number of nitrogens with two attached hydrogens (primary N) is 1. The third-order valence-corrected chi connectivity index (χ3v) is 3.35. The molecule has 0 bridgehead atoms. The number of nitrogens with zero attached hydrogens (tertiary/aromatic N) is 1. The highest BCUT2D eigenvalue weighted by molar-refractivity contribution is 5.85. The van der Waals surface area contributed by atoms with Crippen molar-refractivity contribution >= 4 is 24.2 Å². The second-order valence-corrected chi connectivity index (χ2v) is 5.20. The van der Waals surface area contributed by atoms with Gasteiger partial charge in [0.1, 0.15) is 5.75 Å². The molecule has 2 aromatic rings. The zero-order valence-electron chi connectivity index (χ0n) is 13.1. The molecule has 2 rings (SSSR count). The van der Waals surface area contributed by atoms with Gasteiger partial charge in [-0.15, -0.1) is 12.4 Å². The average molecular weight is 350 g/mol. The molecule has 4 N–H and O–H groups in total. The van der Waals surface area contributed by atoms with Gasteiger partial charge in [-0.3, -0.25) is 14.6 Å². The second-order valence-electron chi connectivity index (χ2n) is 5.20. The van der Waals surface area contributed by atoms with Gasteiger partial charge in [0.2, 0.25) is 11.8 Å². The molecular weight excluding hydrogens is 330 g/mol. The minimum absolute atomic E-state index is 0. The predicted octanol–water partition coefficient (Wildman–Crippen LogP) is 1.14. The molecular formula is C17H20ClN3O3. The van der Waals surface area contributed by atoms with Crippen molar-refractivity contribution in [2.45, 2.75) is 19.3 Å². The number of carbonyl (C=O) groups excluding carboxylic acids is 2. The number of aromatic nitrogens is 1. The van der Waals surface area contributed by atoms with E-state index in [1.54, 1.807) is 30.5 Å². The third kappa shape index (κ3) is 6.26. The van der Waals surface area contributed by atoms with Gasteiger partial charge in [-0.05, 0) is 35.7 Å². The number of amides is 2. The van der Waals surface area contributed by atoms with Crippen molar-refractivity contribution in [3.63, 3.8) is 0 Å². The van der Waals surface area contributed by atoms with E-state index in [2.05, 4.69) is 10.3 Å². The molecule has 0 saturated heterocycles. The number of pyridine rings is 1. The van der Waals surface area contributed by atoms with E-state index in [0.29, 0.717) is 24.2 Å². The molecule has 0 radical (unpaired) electrons. The Labute approximate surface area is 146 Å². The fourth-order valence-electron chi connectivity index (χ4n) is 2.20. The summed E-state index contributed by atoms with van der Waals surface area (Å²) in [6.07, 6.45) is 2.43. The lowest BCUT2D eigenvalue weighted by molar-refractivity contribution is -0.120. The molecule has 0 fully saturated rings. The minimum atomic E-state index is -0.474. The van der Waals surface area contributed by atoms with Crippen LogP contribution in [-0.4, -0.2) is 28.4 Å². The monoisotopic (exact) mass is 349 g/mol. The van der Waals surface area contributed by atoms with Crippen LogP contribution >= 0.6 is 12.4 Å². The average Bonchev–Trinajstić information content (AvgIpc) is 2.51. The Bertz CT molecular complexity index is 690. The molecule has 0 atom stereocenters. The molecule has 1 aromatic carbocycles. The van der Waals surface area contributed by atoms with E-state index in [1.165, 1.54) is 0 Å². The number of primary amides is 1. The highest BCUT2D eigenvalue weighted by atomic mass is 35.5. The molecule has 128 valence electrons. The Morgan fingerprint density at radius 3 is 2.50 bits per heavy atom. The lowest BCUT2D eigenvalue weighted by Crippen LogP contribution is -2.28. The van der Waals surface area contributed by atoms with Crippen LogP contribution in [0.5, 0.6) is 5.75 Å². The van der Waals surface area contributed by atoms with Gasteiger partial charge >= 0.3 is 0 Å². The Hall–Kier alpha value is -2.60. The van der Waals surface area contributed by atoms with Crippen LogP contribution in [0, 0.1) is 0 Å². The van der Waals surface area contributed by atoms with Gasteiger partial charge < -0.3 is 16.2 Å². The molecule has 1 aromatic heterocycles. The van der Waals surface area contributed by atoms with Crippen LogP contribution in [-0.2, 0) is 28.9 Å². The highest BCUT2D eigenvalue weighted by Crippen LogP contribution is 2.10. The summed E-state index contributed by atoms with van der Waals surface area (Å²) >= 11 is 0. The number of halogens is 1. The largest absolute Gasteiger partial charge is 0.508 e. The Balaban J connectivity index is 0.00000288. The first-order chi connectivity index (χ1) is 11.0. The first kappa shape index (κ1) is 19.4. The minimum Gasteiger partial charge on any atom is -0.508 e. The van der Waals surface area contributed by atoms with Crippen molar-refractivity contribution in [2.75, 3.05) is 6.54 Å². The van der Waals surface area contributed by atoms with E-state index in [4.69, 9.17) is 5.73 Å². The van der Waals surface area contributed by atoms with E-state index in [1.807, 2.05) is 12.1 Å².